The molecule has 9 nitrogen and oxygen atoms in total. The summed E-state index contributed by atoms with van der Waals surface area (Å²) in [5.74, 6) is -2.82. The summed E-state index contributed by atoms with van der Waals surface area (Å²) in [6.07, 6.45) is 1.21. The normalized spacial score (nSPS) is 16.8. The first kappa shape index (κ1) is 22.9. The van der Waals surface area contributed by atoms with Crippen LogP contribution < -0.4 is 11.1 Å². The maximum absolute atomic E-state index is 12.9. The van der Waals surface area contributed by atoms with E-state index >= 15 is 0 Å². The molecule has 0 aromatic heterocycles. The molecule has 0 aliphatic carbocycles. The SMILES string of the molecule is CC(C)[C@@H](C(=O)N[C@@H](CC(=O)O)C(=O)N1CCCC1)N(C)C(=O)C(C)(C)N. The summed E-state index contributed by atoms with van der Waals surface area (Å²) >= 11 is 0. The van der Waals surface area contributed by atoms with Crippen molar-refractivity contribution < 1.29 is 24.3 Å². The van der Waals surface area contributed by atoms with E-state index in [4.69, 9.17) is 10.8 Å². The summed E-state index contributed by atoms with van der Waals surface area (Å²) in [4.78, 5) is 52.0. The van der Waals surface area contributed by atoms with Crippen LogP contribution in [0.3, 0.4) is 0 Å². The highest BCUT2D eigenvalue weighted by molar-refractivity contribution is 5.95. The van der Waals surface area contributed by atoms with Gasteiger partial charge in [0.2, 0.25) is 17.7 Å². The van der Waals surface area contributed by atoms with Crippen molar-refractivity contribution in [2.45, 2.75) is 64.6 Å². The third-order valence-corrected chi connectivity index (χ3v) is 4.60. The minimum atomic E-state index is -1.18. The molecule has 1 fully saturated rings. The number of carboxylic acid groups (broad SMARTS) is 1. The molecule has 1 aliphatic rings. The van der Waals surface area contributed by atoms with E-state index in [0.29, 0.717) is 13.1 Å². The van der Waals surface area contributed by atoms with Crippen molar-refractivity contribution in [3.63, 3.8) is 0 Å². The van der Waals surface area contributed by atoms with E-state index in [1.807, 2.05) is 0 Å². The highest BCUT2D eigenvalue weighted by Crippen LogP contribution is 2.16. The molecule has 154 valence electrons. The van der Waals surface area contributed by atoms with Gasteiger partial charge in [0.15, 0.2) is 0 Å². The summed E-state index contributed by atoms with van der Waals surface area (Å²) in [7, 11) is 1.48. The molecule has 0 aromatic carbocycles. The van der Waals surface area contributed by atoms with Crippen molar-refractivity contribution in [2.24, 2.45) is 11.7 Å². The van der Waals surface area contributed by atoms with E-state index in [-0.39, 0.29) is 5.92 Å². The van der Waals surface area contributed by atoms with Crippen LogP contribution in [0.5, 0.6) is 0 Å². The predicted molar refractivity (Wildman–Crippen MR) is 99.7 cm³/mol. The summed E-state index contributed by atoms with van der Waals surface area (Å²) in [6.45, 7) is 7.74. The Bertz CT molecular complexity index is 579. The lowest BCUT2D eigenvalue weighted by atomic mass is 9.97. The molecule has 3 amide bonds. The Balaban J connectivity index is 2.99. The van der Waals surface area contributed by atoms with Crippen LogP contribution >= 0.6 is 0 Å². The van der Waals surface area contributed by atoms with E-state index in [1.54, 1.807) is 32.6 Å². The summed E-state index contributed by atoms with van der Waals surface area (Å²) in [5.41, 5.74) is 4.70. The zero-order valence-electron chi connectivity index (χ0n) is 16.8. The van der Waals surface area contributed by atoms with E-state index in [1.165, 1.54) is 11.9 Å². The highest BCUT2D eigenvalue weighted by atomic mass is 16.4. The maximum atomic E-state index is 12.9. The van der Waals surface area contributed by atoms with Gasteiger partial charge in [-0.3, -0.25) is 19.2 Å². The Labute approximate surface area is 160 Å². The van der Waals surface area contributed by atoms with Gasteiger partial charge in [0.25, 0.3) is 0 Å². The van der Waals surface area contributed by atoms with Crippen LogP contribution in [0, 0.1) is 5.92 Å². The predicted octanol–water partition coefficient (Wildman–Crippen LogP) is -0.211. The monoisotopic (exact) mass is 384 g/mol. The lowest BCUT2D eigenvalue weighted by Crippen LogP contribution is -2.60. The van der Waals surface area contributed by atoms with Crippen LogP contribution in [0.1, 0.15) is 47.0 Å². The van der Waals surface area contributed by atoms with E-state index in [0.717, 1.165) is 12.8 Å². The molecular weight excluding hydrogens is 352 g/mol. The summed E-state index contributed by atoms with van der Waals surface area (Å²) < 4.78 is 0. The number of rotatable bonds is 8. The number of carbonyl (C=O) groups excluding carboxylic acids is 3. The van der Waals surface area contributed by atoms with Crippen LogP contribution in [0.15, 0.2) is 0 Å². The van der Waals surface area contributed by atoms with Crippen molar-refractivity contribution >= 4 is 23.7 Å². The molecule has 0 aromatic rings. The fourth-order valence-corrected chi connectivity index (χ4v) is 3.30. The van der Waals surface area contributed by atoms with Gasteiger partial charge < -0.3 is 26.0 Å². The quantitative estimate of drug-likeness (QED) is 0.530. The second-order valence-corrected chi connectivity index (χ2v) is 8.02. The van der Waals surface area contributed by atoms with Gasteiger partial charge in [-0.05, 0) is 32.6 Å². The number of likely N-dealkylation sites (N-methyl/N-ethyl adjacent to an activating group) is 1. The van der Waals surface area contributed by atoms with Gasteiger partial charge in [0.1, 0.15) is 12.1 Å². The minimum Gasteiger partial charge on any atom is -0.481 e. The lowest BCUT2D eigenvalue weighted by molar-refractivity contribution is -0.147. The Morgan fingerprint density at radius 1 is 1.19 bits per heavy atom. The van der Waals surface area contributed by atoms with Gasteiger partial charge in [0, 0.05) is 20.1 Å². The maximum Gasteiger partial charge on any atom is 0.305 e. The van der Waals surface area contributed by atoms with Crippen LogP contribution in [0.25, 0.3) is 0 Å². The molecule has 0 radical (unpaired) electrons. The van der Waals surface area contributed by atoms with E-state index in [2.05, 4.69) is 5.32 Å². The number of carbonyl (C=O) groups is 4. The average Bonchev–Trinajstić information content (AvgIpc) is 3.05. The van der Waals surface area contributed by atoms with Crippen molar-refractivity contribution in [1.82, 2.24) is 15.1 Å². The minimum absolute atomic E-state index is 0.256. The third-order valence-electron chi connectivity index (χ3n) is 4.60. The van der Waals surface area contributed by atoms with Crippen LogP contribution in [0.4, 0.5) is 0 Å². The van der Waals surface area contributed by atoms with Gasteiger partial charge in [-0.1, -0.05) is 13.8 Å². The third kappa shape index (κ3) is 6.20. The van der Waals surface area contributed by atoms with Crippen LogP contribution in [0.2, 0.25) is 0 Å². The van der Waals surface area contributed by atoms with E-state index < -0.39 is 47.7 Å². The Morgan fingerprint density at radius 3 is 2.11 bits per heavy atom. The Kier molecular flexibility index (Phi) is 7.77. The number of hydrogen-bond acceptors (Lipinski definition) is 5. The number of amides is 3. The van der Waals surface area contributed by atoms with Gasteiger partial charge >= 0.3 is 5.97 Å². The standard InChI is InChI=1S/C18H32N4O5/c1-11(2)14(21(5)17(27)18(3,4)19)15(25)20-12(10-13(23)24)16(26)22-8-6-7-9-22/h11-12,14H,6-10,19H2,1-5H3,(H,20,25)(H,23,24)/t12-,14-/m0/s1. The number of aliphatic carboxylic acids is 1. The smallest absolute Gasteiger partial charge is 0.305 e. The molecule has 27 heavy (non-hydrogen) atoms. The molecule has 0 spiro atoms. The van der Waals surface area contributed by atoms with Gasteiger partial charge in [-0.25, -0.2) is 0 Å². The van der Waals surface area contributed by atoms with Gasteiger partial charge in [0.05, 0.1) is 12.0 Å². The van der Waals surface area contributed by atoms with Crippen molar-refractivity contribution in [3.05, 3.63) is 0 Å². The number of hydrogen-bond donors (Lipinski definition) is 3. The Hall–Kier alpha value is -2.16. The number of nitrogens with zero attached hydrogens (tertiary/aromatic N) is 2. The molecular formula is C18H32N4O5. The molecule has 0 bridgehead atoms. The topological polar surface area (TPSA) is 133 Å². The number of carboxylic acids is 1. The second kappa shape index (κ2) is 9.16. The molecule has 1 heterocycles. The molecule has 4 N–H and O–H groups in total. The first-order valence-electron chi connectivity index (χ1n) is 9.23. The second-order valence-electron chi connectivity index (χ2n) is 8.02. The first-order chi connectivity index (χ1) is 12.4. The summed E-state index contributed by atoms with van der Waals surface area (Å²) in [6, 6.07) is -2.04. The van der Waals surface area contributed by atoms with Gasteiger partial charge in [-0.15, -0.1) is 0 Å². The molecule has 9 heteroatoms. The summed E-state index contributed by atoms with van der Waals surface area (Å²) in [5, 5.41) is 11.7. The Morgan fingerprint density at radius 2 is 1.70 bits per heavy atom. The van der Waals surface area contributed by atoms with Crippen molar-refractivity contribution in [2.75, 3.05) is 20.1 Å². The van der Waals surface area contributed by atoms with Crippen molar-refractivity contribution in [3.8, 4) is 0 Å². The fourth-order valence-electron chi connectivity index (χ4n) is 3.30. The molecule has 1 aliphatic heterocycles. The fraction of sp³-hybridized carbons (Fsp3) is 0.778. The number of nitrogens with two attached hydrogens (primary N) is 1. The lowest BCUT2D eigenvalue weighted by Gasteiger charge is -2.35. The number of nitrogens with one attached hydrogen (secondary N) is 1. The molecule has 0 unspecified atom stereocenters. The largest absolute Gasteiger partial charge is 0.481 e. The van der Waals surface area contributed by atoms with Crippen LogP contribution in [-0.2, 0) is 19.2 Å². The first-order valence-corrected chi connectivity index (χ1v) is 9.23. The van der Waals surface area contributed by atoms with Crippen molar-refractivity contribution in [1.29, 1.82) is 0 Å². The highest BCUT2D eigenvalue weighted by Gasteiger charge is 2.38. The van der Waals surface area contributed by atoms with Gasteiger partial charge in [-0.2, -0.15) is 0 Å². The van der Waals surface area contributed by atoms with E-state index in [9.17, 15) is 19.2 Å². The zero-order chi connectivity index (χ0) is 20.9. The molecule has 1 saturated heterocycles. The average molecular weight is 384 g/mol. The molecule has 0 saturated carbocycles. The van der Waals surface area contributed by atoms with Crippen LogP contribution in [-0.4, -0.2) is 76.4 Å². The molecule has 1 rings (SSSR count). The zero-order valence-corrected chi connectivity index (χ0v) is 16.8. The number of likely N-dealkylation sites (tertiary alicyclic amines) is 1. The molecule has 2 atom stereocenters.